The fourth-order valence-corrected chi connectivity index (χ4v) is 4.87. The van der Waals surface area contributed by atoms with Gasteiger partial charge in [0.15, 0.2) is 13.9 Å². The summed E-state index contributed by atoms with van der Waals surface area (Å²) in [4.78, 5) is 0. The number of nitrogens with zero attached hydrogens (tertiary/aromatic N) is 1. The summed E-state index contributed by atoms with van der Waals surface area (Å²) in [6.45, 7) is 6.59. The molecule has 0 bridgehead atoms. The van der Waals surface area contributed by atoms with Gasteiger partial charge >= 0.3 is 0 Å². The van der Waals surface area contributed by atoms with Gasteiger partial charge in [0.05, 0.1) is 0 Å². The van der Waals surface area contributed by atoms with Gasteiger partial charge in [-0.15, -0.1) is 0 Å². The van der Waals surface area contributed by atoms with Gasteiger partial charge in [0, 0.05) is 0 Å². The topological polar surface area (TPSA) is 33.0 Å². The van der Waals surface area contributed by atoms with E-state index in [2.05, 4.69) is 25.7 Å². The van der Waals surface area contributed by atoms with Crippen LogP contribution in [0, 0.1) is 11.3 Å². The summed E-state index contributed by atoms with van der Waals surface area (Å²) in [7, 11) is -1.70. The Bertz CT molecular complexity index is 394. The molecule has 19 heavy (non-hydrogen) atoms. The van der Waals surface area contributed by atoms with Crippen LogP contribution in [0.5, 0.6) is 0 Å². The molecular weight excluding hydrogens is 250 g/mol. The molecule has 1 atom stereocenters. The zero-order chi connectivity index (χ0) is 13.9. The van der Waals surface area contributed by atoms with Gasteiger partial charge in [-0.1, -0.05) is 12.0 Å². The Morgan fingerprint density at radius 1 is 1.00 bits per heavy atom. The molecule has 0 aromatic heterocycles. The van der Waals surface area contributed by atoms with Crippen molar-refractivity contribution in [3.8, 4) is 6.07 Å². The Labute approximate surface area is 119 Å². The van der Waals surface area contributed by atoms with E-state index >= 15 is 0 Å². The third kappa shape index (κ3) is 3.49. The van der Waals surface area contributed by atoms with Crippen LogP contribution in [-0.2, 0) is 4.43 Å². The van der Waals surface area contributed by atoms with Crippen LogP contribution in [0.3, 0.4) is 0 Å². The van der Waals surface area contributed by atoms with Crippen LogP contribution in [0.25, 0.3) is 0 Å². The van der Waals surface area contributed by atoms with Crippen molar-refractivity contribution in [1.82, 2.24) is 0 Å². The Balaban J connectivity index is 2.34. The van der Waals surface area contributed by atoms with Crippen molar-refractivity contribution in [3.63, 3.8) is 0 Å². The third-order valence-electron chi connectivity index (χ3n) is 4.24. The Hall–Kier alpha value is -0.593. The normalized spacial score (nSPS) is 29.2. The molecule has 0 saturated heterocycles. The molecule has 0 aromatic rings. The van der Waals surface area contributed by atoms with E-state index < -0.39 is 13.9 Å². The lowest BCUT2D eigenvalue weighted by molar-refractivity contribution is 0.124. The molecule has 2 nitrogen and oxygen atoms in total. The first kappa shape index (κ1) is 14.8. The standard InChI is InChI=1S/C16H27NOSi/c1-19(2,3)18-16(13-17)12-8-7-11-15(16)14-9-5-4-6-10-14/h4-12H2,1-3H3. The third-order valence-corrected chi connectivity index (χ3v) is 5.20. The second-order valence-electron chi connectivity index (χ2n) is 7.00. The molecule has 2 rings (SSSR count). The zero-order valence-corrected chi connectivity index (χ0v) is 13.7. The van der Waals surface area contributed by atoms with Crippen LogP contribution in [0.4, 0.5) is 0 Å². The van der Waals surface area contributed by atoms with Crippen molar-refractivity contribution in [2.45, 2.75) is 83.0 Å². The van der Waals surface area contributed by atoms with Gasteiger partial charge in [-0.3, -0.25) is 0 Å². The molecule has 0 aromatic carbocycles. The SMILES string of the molecule is C[Si](C)(C)OC1(C#N)CCCCC1=C1CCCCC1. The lowest BCUT2D eigenvalue weighted by Crippen LogP contribution is -2.45. The van der Waals surface area contributed by atoms with Gasteiger partial charge in [0.2, 0.25) is 0 Å². The minimum atomic E-state index is -1.70. The average molecular weight is 277 g/mol. The highest BCUT2D eigenvalue weighted by Gasteiger charge is 2.42. The fraction of sp³-hybridized carbons (Fsp3) is 0.812. The maximum absolute atomic E-state index is 9.82. The minimum absolute atomic E-state index is 0.574. The molecule has 1 unspecified atom stereocenters. The maximum Gasteiger partial charge on any atom is 0.186 e. The van der Waals surface area contributed by atoms with E-state index in [9.17, 15) is 5.26 Å². The monoisotopic (exact) mass is 277 g/mol. The van der Waals surface area contributed by atoms with Crippen LogP contribution in [0.15, 0.2) is 11.1 Å². The quantitative estimate of drug-likeness (QED) is 0.529. The van der Waals surface area contributed by atoms with E-state index in [1.807, 2.05) is 0 Å². The molecule has 0 radical (unpaired) electrons. The number of hydrogen-bond acceptors (Lipinski definition) is 2. The molecule has 106 valence electrons. The highest BCUT2D eigenvalue weighted by atomic mass is 28.4. The molecule has 2 aliphatic carbocycles. The van der Waals surface area contributed by atoms with Crippen molar-refractivity contribution in [3.05, 3.63) is 11.1 Å². The summed E-state index contributed by atoms with van der Waals surface area (Å²) >= 11 is 0. The lowest BCUT2D eigenvalue weighted by Gasteiger charge is -2.40. The Morgan fingerprint density at radius 2 is 1.63 bits per heavy atom. The predicted molar refractivity (Wildman–Crippen MR) is 81.4 cm³/mol. The van der Waals surface area contributed by atoms with E-state index in [-0.39, 0.29) is 0 Å². The van der Waals surface area contributed by atoms with Crippen molar-refractivity contribution >= 4 is 8.32 Å². The lowest BCUT2D eigenvalue weighted by atomic mass is 9.75. The summed E-state index contributed by atoms with van der Waals surface area (Å²) in [5, 5.41) is 9.82. The Kier molecular flexibility index (Phi) is 4.53. The first-order valence-electron chi connectivity index (χ1n) is 7.80. The smallest absolute Gasteiger partial charge is 0.186 e. The molecule has 0 amide bonds. The molecular formula is C16H27NOSi. The molecule has 3 heteroatoms. The van der Waals surface area contributed by atoms with E-state index in [1.165, 1.54) is 44.1 Å². The van der Waals surface area contributed by atoms with Crippen molar-refractivity contribution in [2.75, 3.05) is 0 Å². The summed E-state index contributed by atoms with van der Waals surface area (Å²) < 4.78 is 6.40. The van der Waals surface area contributed by atoms with Crippen LogP contribution in [0.2, 0.25) is 19.6 Å². The summed E-state index contributed by atoms with van der Waals surface area (Å²) in [5.41, 5.74) is 2.36. The highest BCUT2D eigenvalue weighted by Crippen LogP contribution is 2.42. The molecule has 2 fully saturated rings. The second-order valence-corrected chi connectivity index (χ2v) is 11.4. The van der Waals surface area contributed by atoms with Gasteiger partial charge in [0.25, 0.3) is 0 Å². The summed E-state index contributed by atoms with van der Waals surface area (Å²) in [5.74, 6) is 0. The first-order valence-corrected chi connectivity index (χ1v) is 11.2. The van der Waals surface area contributed by atoms with Crippen LogP contribution >= 0.6 is 0 Å². The van der Waals surface area contributed by atoms with Gasteiger partial charge < -0.3 is 4.43 Å². The molecule has 0 N–H and O–H groups in total. The summed E-state index contributed by atoms with van der Waals surface area (Å²) in [6.07, 6.45) is 10.7. The summed E-state index contributed by atoms with van der Waals surface area (Å²) in [6, 6.07) is 2.58. The predicted octanol–water partition coefficient (Wildman–Crippen LogP) is 4.93. The van der Waals surface area contributed by atoms with E-state index in [0.717, 1.165) is 19.3 Å². The molecule has 0 spiro atoms. The van der Waals surface area contributed by atoms with Crippen LogP contribution in [0.1, 0.15) is 57.8 Å². The highest BCUT2D eigenvalue weighted by molar-refractivity contribution is 6.69. The first-order chi connectivity index (χ1) is 8.97. The molecule has 2 aliphatic rings. The van der Waals surface area contributed by atoms with Gasteiger partial charge in [0.1, 0.15) is 6.07 Å². The molecule has 0 aliphatic heterocycles. The zero-order valence-electron chi connectivity index (χ0n) is 12.7. The van der Waals surface area contributed by atoms with E-state index in [1.54, 1.807) is 5.57 Å². The second kappa shape index (κ2) is 5.81. The maximum atomic E-state index is 9.82. The van der Waals surface area contributed by atoms with Gasteiger partial charge in [-0.05, 0) is 76.6 Å². The molecule has 0 heterocycles. The largest absolute Gasteiger partial charge is 0.397 e. The minimum Gasteiger partial charge on any atom is -0.397 e. The van der Waals surface area contributed by atoms with Crippen LogP contribution in [-0.4, -0.2) is 13.9 Å². The van der Waals surface area contributed by atoms with E-state index in [4.69, 9.17) is 4.43 Å². The molecule has 2 saturated carbocycles. The number of hydrogen-bond donors (Lipinski definition) is 0. The van der Waals surface area contributed by atoms with Crippen LogP contribution < -0.4 is 0 Å². The van der Waals surface area contributed by atoms with Gasteiger partial charge in [-0.25, -0.2) is 0 Å². The van der Waals surface area contributed by atoms with E-state index in [0.29, 0.717) is 0 Å². The van der Waals surface area contributed by atoms with Crippen molar-refractivity contribution in [2.24, 2.45) is 0 Å². The number of rotatable bonds is 2. The van der Waals surface area contributed by atoms with Crippen molar-refractivity contribution < 1.29 is 4.43 Å². The Morgan fingerprint density at radius 3 is 2.21 bits per heavy atom. The van der Waals surface area contributed by atoms with Gasteiger partial charge in [-0.2, -0.15) is 5.26 Å². The fourth-order valence-electron chi connectivity index (χ4n) is 3.55. The number of allylic oxidation sites excluding steroid dienone is 1. The van der Waals surface area contributed by atoms with Crippen molar-refractivity contribution in [1.29, 1.82) is 5.26 Å². The number of nitriles is 1. The average Bonchev–Trinajstić information content (AvgIpc) is 2.38.